The summed E-state index contributed by atoms with van der Waals surface area (Å²) in [5.74, 6) is 1.03. The first-order valence-electron chi connectivity index (χ1n) is 12.5. The summed E-state index contributed by atoms with van der Waals surface area (Å²) in [4.78, 5) is 42.0. The van der Waals surface area contributed by atoms with Crippen LogP contribution >= 0.6 is 0 Å². The molecule has 0 aromatic heterocycles. The number of rotatable bonds is 8. The molecule has 3 amide bonds. The van der Waals surface area contributed by atoms with Gasteiger partial charge in [0.25, 0.3) is 5.91 Å². The molecule has 36 heavy (non-hydrogen) atoms. The molecule has 1 N–H and O–H groups in total. The summed E-state index contributed by atoms with van der Waals surface area (Å²) in [5, 5.41) is 3.07. The molecule has 0 bridgehead atoms. The average Bonchev–Trinajstić information content (AvgIpc) is 3.32. The number of carbonyl (C=O) groups excluding carboxylic acids is 3. The van der Waals surface area contributed by atoms with E-state index in [4.69, 9.17) is 9.47 Å². The minimum atomic E-state index is -0.324. The second-order valence-electron chi connectivity index (χ2n) is 9.58. The molecule has 2 heterocycles. The molecule has 0 saturated carbocycles. The van der Waals surface area contributed by atoms with Gasteiger partial charge in [0, 0.05) is 38.2 Å². The van der Waals surface area contributed by atoms with E-state index < -0.39 is 0 Å². The minimum absolute atomic E-state index is 0.0217. The highest BCUT2D eigenvalue weighted by molar-refractivity contribution is 5.95. The lowest BCUT2D eigenvalue weighted by Crippen LogP contribution is -2.42. The smallest absolute Gasteiger partial charge is 0.253 e. The second kappa shape index (κ2) is 11.5. The van der Waals surface area contributed by atoms with Gasteiger partial charge in [-0.25, -0.2) is 0 Å². The van der Waals surface area contributed by atoms with Crippen molar-refractivity contribution < 1.29 is 23.9 Å². The molecule has 2 aliphatic rings. The molecule has 8 nitrogen and oxygen atoms in total. The molecule has 2 aromatic carbocycles. The van der Waals surface area contributed by atoms with Crippen molar-refractivity contribution in [2.75, 3.05) is 40.4 Å². The molecule has 0 radical (unpaired) electrons. The first kappa shape index (κ1) is 25.5. The van der Waals surface area contributed by atoms with E-state index in [-0.39, 0.29) is 36.1 Å². The average molecular weight is 494 g/mol. The lowest BCUT2D eigenvalue weighted by atomic mass is 9.95. The van der Waals surface area contributed by atoms with Crippen LogP contribution in [0.3, 0.4) is 0 Å². The van der Waals surface area contributed by atoms with Crippen LogP contribution in [0.1, 0.15) is 48.1 Å². The number of methoxy groups -OCH3 is 2. The highest BCUT2D eigenvalue weighted by Gasteiger charge is 2.37. The molecule has 192 valence electrons. The lowest BCUT2D eigenvalue weighted by molar-refractivity contribution is -0.130. The highest BCUT2D eigenvalue weighted by atomic mass is 16.5. The predicted molar refractivity (Wildman–Crippen MR) is 136 cm³/mol. The quantitative estimate of drug-likeness (QED) is 0.610. The SMILES string of the molecule is COc1ccc(C(=O)N2CCC(CNC(=O)C3CC(=O)N(C(C)c4ccccc4)C3)CC2)cc1OC. The first-order valence-corrected chi connectivity index (χ1v) is 12.5. The molecule has 2 atom stereocenters. The summed E-state index contributed by atoms with van der Waals surface area (Å²) in [6.07, 6.45) is 1.89. The summed E-state index contributed by atoms with van der Waals surface area (Å²) in [6, 6.07) is 15.0. The topological polar surface area (TPSA) is 88.2 Å². The Kier molecular flexibility index (Phi) is 8.13. The number of benzene rings is 2. The Hall–Kier alpha value is -3.55. The normalized spacial score (nSPS) is 19.2. The monoisotopic (exact) mass is 493 g/mol. The van der Waals surface area contributed by atoms with Crippen LogP contribution in [0.2, 0.25) is 0 Å². The molecule has 8 heteroatoms. The number of carbonyl (C=O) groups is 3. The molecule has 2 fully saturated rings. The summed E-state index contributed by atoms with van der Waals surface area (Å²) in [5.41, 5.74) is 1.64. The molecule has 2 aliphatic heterocycles. The van der Waals surface area contributed by atoms with E-state index in [2.05, 4.69) is 5.32 Å². The number of hydrogen-bond acceptors (Lipinski definition) is 5. The second-order valence-corrected chi connectivity index (χ2v) is 9.58. The number of piperidine rings is 1. The number of likely N-dealkylation sites (tertiary alicyclic amines) is 2. The van der Waals surface area contributed by atoms with Crippen LogP contribution < -0.4 is 14.8 Å². The van der Waals surface area contributed by atoms with Gasteiger partial charge in [-0.1, -0.05) is 30.3 Å². The van der Waals surface area contributed by atoms with Gasteiger partial charge in [0.15, 0.2) is 11.5 Å². The van der Waals surface area contributed by atoms with Crippen molar-refractivity contribution in [1.82, 2.24) is 15.1 Å². The molecular formula is C28H35N3O5. The summed E-state index contributed by atoms with van der Waals surface area (Å²) in [7, 11) is 3.11. The fourth-order valence-electron chi connectivity index (χ4n) is 5.07. The van der Waals surface area contributed by atoms with Crippen LogP contribution in [-0.4, -0.2) is 67.9 Å². The Labute approximate surface area is 212 Å². The van der Waals surface area contributed by atoms with Crippen LogP contribution in [0.4, 0.5) is 0 Å². The third kappa shape index (κ3) is 5.64. The van der Waals surface area contributed by atoms with Crippen LogP contribution in [0.25, 0.3) is 0 Å². The van der Waals surface area contributed by atoms with E-state index >= 15 is 0 Å². The lowest BCUT2D eigenvalue weighted by Gasteiger charge is -2.32. The van der Waals surface area contributed by atoms with Crippen LogP contribution in [0.15, 0.2) is 48.5 Å². The molecule has 2 saturated heterocycles. The van der Waals surface area contributed by atoms with Crippen molar-refractivity contribution in [3.63, 3.8) is 0 Å². The summed E-state index contributed by atoms with van der Waals surface area (Å²) in [6.45, 7) is 4.29. The van der Waals surface area contributed by atoms with Gasteiger partial charge in [0.2, 0.25) is 11.8 Å². The van der Waals surface area contributed by atoms with Crippen molar-refractivity contribution in [2.45, 2.75) is 32.2 Å². The predicted octanol–water partition coefficient (Wildman–Crippen LogP) is 3.28. The van der Waals surface area contributed by atoms with E-state index in [0.717, 1.165) is 18.4 Å². The van der Waals surface area contributed by atoms with Crippen molar-refractivity contribution in [3.05, 3.63) is 59.7 Å². The fourth-order valence-corrected chi connectivity index (χ4v) is 5.07. The van der Waals surface area contributed by atoms with Crippen LogP contribution in [0, 0.1) is 11.8 Å². The Bertz CT molecular complexity index is 1080. The van der Waals surface area contributed by atoms with Crippen molar-refractivity contribution in [2.24, 2.45) is 11.8 Å². The molecule has 2 aromatic rings. The zero-order valence-electron chi connectivity index (χ0n) is 21.2. The van der Waals surface area contributed by atoms with Gasteiger partial charge in [-0.2, -0.15) is 0 Å². The molecule has 4 rings (SSSR count). The van der Waals surface area contributed by atoms with E-state index in [0.29, 0.717) is 49.2 Å². The van der Waals surface area contributed by atoms with Gasteiger partial charge in [-0.15, -0.1) is 0 Å². The third-order valence-corrected chi connectivity index (χ3v) is 7.38. The largest absolute Gasteiger partial charge is 0.493 e. The van der Waals surface area contributed by atoms with E-state index in [9.17, 15) is 14.4 Å². The van der Waals surface area contributed by atoms with E-state index in [1.54, 1.807) is 37.3 Å². The first-order chi connectivity index (χ1) is 17.4. The van der Waals surface area contributed by atoms with Crippen molar-refractivity contribution in [3.8, 4) is 11.5 Å². The zero-order chi connectivity index (χ0) is 25.7. The standard InChI is InChI=1S/C28H35N3O5/c1-19(21-7-5-4-6-8-21)31-18-23(16-26(31)32)27(33)29-17-20-11-13-30(14-12-20)28(34)22-9-10-24(35-2)25(15-22)36-3/h4-10,15,19-20,23H,11-14,16-18H2,1-3H3,(H,29,33). The van der Waals surface area contributed by atoms with E-state index in [1.165, 1.54) is 0 Å². The maximum atomic E-state index is 13.0. The Morgan fingerprint density at radius 2 is 1.72 bits per heavy atom. The molecule has 0 aliphatic carbocycles. The highest BCUT2D eigenvalue weighted by Crippen LogP contribution is 2.30. The minimum Gasteiger partial charge on any atom is -0.493 e. The Morgan fingerprint density at radius 3 is 2.39 bits per heavy atom. The number of ether oxygens (including phenoxy) is 2. The number of amides is 3. The Balaban J connectivity index is 1.24. The number of hydrogen-bond donors (Lipinski definition) is 1. The number of nitrogens with zero attached hydrogens (tertiary/aromatic N) is 2. The van der Waals surface area contributed by atoms with Gasteiger partial charge in [0.05, 0.1) is 26.2 Å². The molecule has 2 unspecified atom stereocenters. The zero-order valence-corrected chi connectivity index (χ0v) is 21.2. The van der Waals surface area contributed by atoms with Crippen molar-refractivity contribution in [1.29, 1.82) is 0 Å². The Morgan fingerprint density at radius 1 is 1.03 bits per heavy atom. The third-order valence-electron chi connectivity index (χ3n) is 7.38. The van der Waals surface area contributed by atoms with Crippen molar-refractivity contribution >= 4 is 17.7 Å². The van der Waals surface area contributed by atoms with Gasteiger partial charge >= 0.3 is 0 Å². The molecule has 0 spiro atoms. The van der Waals surface area contributed by atoms with Gasteiger partial charge in [0.1, 0.15) is 0 Å². The van der Waals surface area contributed by atoms with Gasteiger partial charge < -0.3 is 24.6 Å². The van der Waals surface area contributed by atoms with E-state index in [1.807, 2.05) is 42.2 Å². The number of nitrogens with one attached hydrogen (secondary N) is 1. The van der Waals surface area contributed by atoms with Gasteiger partial charge in [-0.05, 0) is 49.4 Å². The fraction of sp³-hybridized carbons (Fsp3) is 0.464. The summed E-state index contributed by atoms with van der Waals surface area (Å²) < 4.78 is 10.6. The van der Waals surface area contributed by atoms with Gasteiger partial charge in [-0.3, -0.25) is 14.4 Å². The maximum absolute atomic E-state index is 13.0. The maximum Gasteiger partial charge on any atom is 0.253 e. The summed E-state index contributed by atoms with van der Waals surface area (Å²) >= 11 is 0. The van der Waals surface area contributed by atoms with Crippen LogP contribution in [0.5, 0.6) is 11.5 Å². The van der Waals surface area contributed by atoms with Crippen LogP contribution in [-0.2, 0) is 9.59 Å². The molecular weight excluding hydrogens is 458 g/mol.